The third-order valence-corrected chi connectivity index (χ3v) is 5.72. The molecular formula is C21H21FN4O4S. The molecule has 0 aliphatic carbocycles. The number of benzene rings is 2. The van der Waals surface area contributed by atoms with Crippen LogP contribution in [-0.2, 0) is 21.3 Å². The van der Waals surface area contributed by atoms with Crippen LogP contribution in [0.15, 0.2) is 65.8 Å². The maximum atomic E-state index is 13.3. The second kappa shape index (κ2) is 10.2. The van der Waals surface area contributed by atoms with Gasteiger partial charge in [0, 0.05) is 38.2 Å². The number of sulfonamides is 1. The summed E-state index contributed by atoms with van der Waals surface area (Å²) in [5.41, 5.74) is 1.34. The lowest BCUT2D eigenvalue weighted by Crippen LogP contribution is -2.27. The quantitative estimate of drug-likeness (QED) is 0.490. The number of halogens is 1. The molecule has 0 unspecified atom stereocenters. The van der Waals surface area contributed by atoms with E-state index in [1.165, 1.54) is 43.8 Å². The summed E-state index contributed by atoms with van der Waals surface area (Å²) >= 11 is 0. The van der Waals surface area contributed by atoms with Gasteiger partial charge in [-0.3, -0.25) is 4.79 Å². The van der Waals surface area contributed by atoms with Crippen molar-refractivity contribution in [3.8, 4) is 11.4 Å². The zero-order valence-electron chi connectivity index (χ0n) is 16.7. The lowest BCUT2D eigenvalue weighted by atomic mass is 10.2. The smallest absolute Gasteiger partial charge is 0.254 e. The lowest BCUT2D eigenvalue weighted by molar-refractivity contribution is 0.0950. The highest BCUT2D eigenvalue weighted by atomic mass is 32.2. The monoisotopic (exact) mass is 444 g/mol. The van der Waals surface area contributed by atoms with Crippen LogP contribution >= 0.6 is 0 Å². The molecule has 0 saturated carbocycles. The number of methoxy groups -OCH3 is 1. The van der Waals surface area contributed by atoms with Crippen molar-refractivity contribution in [3.63, 3.8) is 0 Å². The number of hydrogen-bond acceptors (Lipinski definition) is 6. The van der Waals surface area contributed by atoms with Gasteiger partial charge in [-0.1, -0.05) is 24.3 Å². The number of carbonyl (C=O) groups excluding carboxylic acids is 1. The Labute approximate surface area is 179 Å². The summed E-state index contributed by atoms with van der Waals surface area (Å²) in [6.45, 7) is 0.534. The van der Waals surface area contributed by atoms with Crippen LogP contribution in [0.3, 0.4) is 0 Å². The minimum absolute atomic E-state index is 0.0955. The highest BCUT2D eigenvalue weighted by molar-refractivity contribution is 7.89. The van der Waals surface area contributed by atoms with Gasteiger partial charge in [-0.15, -0.1) is 0 Å². The zero-order chi connectivity index (χ0) is 22.3. The van der Waals surface area contributed by atoms with E-state index in [1.807, 2.05) is 0 Å². The first-order valence-electron chi connectivity index (χ1n) is 9.33. The molecule has 0 atom stereocenters. The van der Waals surface area contributed by atoms with E-state index in [4.69, 9.17) is 4.74 Å². The van der Waals surface area contributed by atoms with Crippen LogP contribution in [0.2, 0.25) is 0 Å². The molecule has 0 spiro atoms. The highest BCUT2D eigenvalue weighted by Crippen LogP contribution is 2.15. The average molecular weight is 444 g/mol. The fourth-order valence-electron chi connectivity index (χ4n) is 2.69. The van der Waals surface area contributed by atoms with E-state index < -0.39 is 21.7 Å². The van der Waals surface area contributed by atoms with Gasteiger partial charge in [0.2, 0.25) is 10.0 Å². The summed E-state index contributed by atoms with van der Waals surface area (Å²) in [5, 5.41) is 2.70. The van der Waals surface area contributed by atoms with Crippen LogP contribution in [0.5, 0.6) is 0 Å². The van der Waals surface area contributed by atoms with Gasteiger partial charge in [0.1, 0.15) is 5.82 Å². The fourth-order valence-corrected chi connectivity index (χ4v) is 3.77. The Balaban J connectivity index is 1.63. The van der Waals surface area contributed by atoms with Gasteiger partial charge >= 0.3 is 0 Å². The van der Waals surface area contributed by atoms with Crippen LogP contribution < -0.4 is 10.0 Å². The number of amides is 1. The van der Waals surface area contributed by atoms with Gasteiger partial charge in [-0.05, 0) is 29.8 Å². The molecule has 3 aromatic rings. The molecule has 3 rings (SSSR count). The van der Waals surface area contributed by atoms with Crippen molar-refractivity contribution in [2.45, 2.75) is 11.4 Å². The average Bonchev–Trinajstić information content (AvgIpc) is 2.78. The summed E-state index contributed by atoms with van der Waals surface area (Å²) in [7, 11) is -2.19. The van der Waals surface area contributed by atoms with Crippen molar-refractivity contribution in [3.05, 3.63) is 77.9 Å². The molecule has 0 fully saturated rings. The highest BCUT2D eigenvalue weighted by Gasteiger charge is 2.14. The number of ether oxygens (including phenoxy) is 1. The maximum absolute atomic E-state index is 13.3. The number of rotatable bonds is 9. The van der Waals surface area contributed by atoms with Crippen molar-refractivity contribution in [2.24, 2.45) is 0 Å². The SMILES string of the molecule is COCCNS(=O)(=O)c1cccc(CNC(=O)c2cnc(-c3cccc(F)c3)nc2)c1. The first-order valence-corrected chi connectivity index (χ1v) is 10.8. The molecule has 2 N–H and O–H groups in total. The normalized spacial score (nSPS) is 11.3. The van der Waals surface area contributed by atoms with Crippen LogP contribution in [0.25, 0.3) is 11.4 Å². The van der Waals surface area contributed by atoms with Gasteiger partial charge in [-0.2, -0.15) is 0 Å². The first-order chi connectivity index (χ1) is 14.9. The van der Waals surface area contributed by atoms with E-state index in [0.29, 0.717) is 17.0 Å². The molecular weight excluding hydrogens is 423 g/mol. The van der Waals surface area contributed by atoms with Gasteiger partial charge in [0.15, 0.2) is 5.82 Å². The van der Waals surface area contributed by atoms with Gasteiger partial charge in [0.25, 0.3) is 5.91 Å². The standard InChI is InChI=1S/C21H21FN4O4S/c1-30-9-8-26-31(28,29)19-7-2-4-15(10-19)12-25-21(27)17-13-23-20(24-14-17)16-5-3-6-18(22)11-16/h2-7,10-11,13-14,26H,8-9,12H2,1H3,(H,25,27). The topological polar surface area (TPSA) is 110 Å². The van der Waals surface area contributed by atoms with Crippen molar-refractivity contribution < 1.29 is 22.3 Å². The second-order valence-corrected chi connectivity index (χ2v) is 8.29. The number of carbonyl (C=O) groups is 1. The molecule has 162 valence electrons. The van der Waals surface area contributed by atoms with E-state index in [1.54, 1.807) is 24.3 Å². The first kappa shape index (κ1) is 22.5. The van der Waals surface area contributed by atoms with E-state index >= 15 is 0 Å². The molecule has 2 aromatic carbocycles. The van der Waals surface area contributed by atoms with Crippen LogP contribution in [0, 0.1) is 5.82 Å². The molecule has 1 amide bonds. The van der Waals surface area contributed by atoms with E-state index in [-0.39, 0.29) is 30.2 Å². The summed E-state index contributed by atoms with van der Waals surface area (Å²) in [5.74, 6) is -0.520. The summed E-state index contributed by atoms with van der Waals surface area (Å²) in [6, 6.07) is 12.1. The Morgan fingerprint density at radius 1 is 1.10 bits per heavy atom. The molecule has 1 aromatic heterocycles. The number of nitrogens with one attached hydrogen (secondary N) is 2. The second-order valence-electron chi connectivity index (χ2n) is 6.53. The molecule has 1 heterocycles. The molecule has 0 bridgehead atoms. The maximum Gasteiger partial charge on any atom is 0.254 e. The Bertz CT molecular complexity index is 1150. The molecule has 0 aliphatic heterocycles. The third-order valence-electron chi connectivity index (χ3n) is 4.26. The predicted molar refractivity (Wildman–Crippen MR) is 112 cm³/mol. The van der Waals surface area contributed by atoms with Crippen molar-refractivity contribution in [1.29, 1.82) is 0 Å². The fraction of sp³-hybridized carbons (Fsp3) is 0.190. The van der Waals surface area contributed by atoms with Gasteiger partial charge < -0.3 is 10.1 Å². The largest absolute Gasteiger partial charge is 0.383 e. The number of nitrogens with zero attached hydrogens (tertiary/aromatic N) is 2. The number of hydrogen-bond donors (Lipinski definition) is 2. The van der Waals surface area contributed by atoms with E-state index in [0.717, 1.165) is 0 Å². The van der Waals surface area contributed by atoms with E-state index in [9.17, 15) is 17.6 Å². The van der Waals surface area contributed by atoms with Crippen LogP contribution in [0.1, 0.15) is 15.9 Å². The number of aromatic nitrogens is 2. The summed E-state index contributed by atoms with van der Waals surface area (Å²) < 4.78 is 45.2. The lowest BCUT2D eigenvalue weighted by Gasteiger charge is -2.09. The minimum Gasteiger partial charge on any atom is -0.383 e. The Morgan fingerprint density at radius 2 is 1.84 bits per heavy atom. The van der Waals surface area contributed by atoms with Crippen LogP contribution in [-0.4, -0.2) is 44.6 Å². The predicted octanol–water partition coefficient (Wildman–Crippen LogP) is 2.14. The molecule has 10 heteroatoms. The Morgan fingerprint density at radius 3 is 2.55 bits per heavy atom. The van der Waals surface area contributed by atoms with Gasteiger partial charge in [-0.25, -0.2) is 27.5 Å². The molecule has 31 heavy (non-hydrogen) atoms. The van der Waals surface area contributed by atoms with E-state index in [2.05, 4.69) is 20.0 Å². The van der Waals surface area contributed by atoms with Crippen molar-refractivity contribution in [1.82, 2.24) is 20.0 Å². The molecule has 0 radical (unpaired) electrons. The van der Waals surface area contributed by atoms with Crippen molar-refractivity contribution in [2.75, 3.05) is 20.3 Å². The van der Waals surface area contributed by atoms with Crippen molar-refractivity contribution >= 4 is 15.9 Å². The Hall–Kier alpha value is -3.21. The van der Waals surface area contributed by atoms with Crippen LogP contribution in [0.4, 0.5) is 4.39 Å². The Kier molecular flexibility index (Phi) is 7.40. The zero-order valence-corrected chi connectivity index (χ0v) is 17.5. The molecule has 0 aliphatic rings. The van der Waals surface area contributed by atoms with Gasteiger partial charge in [0.05, 0.1) is 17.1 Å². The summed E-state index contributed by atoms with van der Waals surface area (Å²) in [4.78, 5) is 20.7. The molecule has 8 nitrogen and oxygen atoms in total. The minimum atomic E-state index is -3.67. The third kappa shape index (κ3) is 6.14. The molecule has 0 saturated heterocycles. The summed E-state index contributed by atoms with van der Waals surface area (Å²) in [6.07, 6.45) is 2.70.